The Hall–Kier alpha value is -3.23. The maximum atomic E-state index is 13.0. The second kappa shape index (κ2) is 8.72. The molecule has 32 heavy (non-hydrogen) atoms. The maximum Gasteiger partial charge on any atom is 0.322 e. The predicted molar refractivity (Wildman–Crippen MR) is 118 cm³/mol. The Kier molecular flexibility index (Phi) is 5.63. The second-order valence-electron chi connectivity index (χ2n) is 8.54. The van der Waals surface area contributed by atoms with E-state index in [1.165, 1.54) is 0 Å². The number of urea groups is 1. The van der Waals surface area contributed by atoms with Crippen LogP contribution in [0.2, 0.25) is 0 Å². The highest BCUT2D eigenvalue weighted by atomic mass is 16.6. The fourth-order valence-electron chi connectivity index (χ4n) is 4.72. The lowest BCUT2D eigenvalue weighted by Crippen LogP contribution is -2.39. The quantitative estimate of drug-likeness (QED) is 0.790. The van der Waals surface area contributed by atoms with Gasteiger partial charge in [-0.05, 0) is 25.0 Å². The van der Waals surface area contributed by atoms with Crippen LogP contribution in [0.3, 0.4) is 0 Å². The van der Waals surface area contributed by atoms with Crippen LogP contribution >= 0.6 is 0 Å². The molecule has 1 fully saturated rings. The van der Waals surface area contributed by atoms with Gasteiger partial charge in [-0.2, -0.15) is 5.10 Å². The van der Waals surface area contributed by atoms with Gasteiger partial charge in [-0.15, -0.1) is 0 Å². The molecule has 170 valence electrons. The minimum atomic E-state index is -0.157. The van der Waals surface area contributed by atoms with Gasteiger partial charge in [0, 0.05) is 69.0 Å². The molecule has 4 heterocycles. The van der Waals surface area contributed by atoms with Gasteiger partial charge in [-0.3, -0.25) is 9.48 Å². The molecule has 2 aromatic rings. The molecule has 1 aromatic carbocycles. The van der Waals surface area contributed by atoms with Gasteiger partial charge in [0.25, 0.3) is 0 Å². The molecule has 9 nitrogen and oxygen atoms in total. The molecular formula is C23H29N5O4. The standard InChI is InChI=1S/C23H29N5O4/c1-26-19-8-11-28(23(30)24-16-4-6-20-21(14-16)32-13-12-31-20)15-17(19)18(25-26)5-7-22(29)27-9-2-3-10-27/h4,6,14H,2-3,5,7-13,15H2,1H3,(H,24,30). The second-order valence-corrected chi connectivity index (χ2v) is 8.54. The molecule has 0 bridgehead atoms. The molecule has 5 rings (SSSR count). The van der Waals surface area contributed by atoms with Crippen molar-refractivity contribution in [1.29, 1.82) is 0 Å². The number of hydrogen-bond donors (Lipinski definition) is 1. The van der Waals surface area contributed by atoms with Crippen LogP contribution in [0.15, 0.2) is 18.2 Å². The number of nitrogens with one attached hydrogen (secondary N) is 1. The SMILES string of the molecule is Cn1nc(CCC(=O)N2CCCC2)c2c1CCN(C(=O)Nc1ccc3c(c1)OCCO3)C2. The van der Waals surface area contributed by atoms with Crippen molar-refractivity contribution >= 4 is 17.6 Å². The van der Waals surface area contributed by atoms with E-state index in [1.54, 1.807) is 11.0 Å². The summed E-state index contributed by atoms with van der Waals surface area (Å²) >= 11 is 0. The lowest BCUT2D eigenvalue weighted by Gasteiger charge is -2.28. The van der Waals surface area contributed by atoms with E-state index in [9.17, 15) is 9.59 Å². The summed E-state index contributed by atoms with van der Waals surface area (Å²) in [7, 11) is 1.94. The number of hydrogen-bond acceptors (Lipinski definition) is 5. The number of aromatic nitrogens is 2. The van der Waals surface area contributed by atoms with Crippen LogP contribution in [0.1, 0.15) is 36.2 Å². The summed E-state index contributed by atoms with van der Waals surface area (Å²) in [6, 6.07) is 5.27. The molecule has 3 aliphatic heterocycles. The van der Waals surface area contributed by atoms with Gasteiger partial charge in [-0.1, -0.05) is 0 Å². The van der Waals surface area contributed by atoms with Gasteiger partial charge in [0.15, 0.2) is 11.5 Å². The highest BCUT2D eigenvalue weighted by molar-refractivity contribution is 5.90. The van der Waals surface area contributed by atoms with Gasteiger partial charge in [0.2, 0.25) is 5.91 Å². The first kappa shape index (κ1) is 20.7. The van der Waals surface area contributed by atoms with Crippen LogP contribution in [0.5, 0.6) is 11.5 Å². The predicted octanol–water partition coefficient (Wildman–Crippen LogP) is 2.34. The summed E-state index contributed by atoms with van der Waals surface area (Å²) in [5.41, 5.74) is 3.82. The van der Waals surface area contributed by atoms with Crippen LogP contribution < -0.4 is 14.8 Å². The van der Waals surface area contributed by atoms with Crippen molar-refractivity contribution in [3.8, 4) is 11.5 Å². The van der Waals surface area contributed by atoms with Crippen molar-refractivity contribution in [3.63, 3.8) is 0 Å². The van der Waals surface area contributed by atoms with Crippen molar-refractivity contribution < 1.29 is 19.1 Å². The summed E-state index contributed by atoms with van der Waals surface area (Å²) in [6.07, 6.45) is 4.01. The Morgan fingerprint density at radius 3 is 2.66 bits per heavy atom. The van der Waals surface area contributed by atoms with Crippen LogP contribution in [0.25, 0.3) is 0 Å². The smallest absolute Gasteiger partial charge is 0.322 e. The van der Waals surface area contributed by atoms with Crippen LogP contribution in [-0.2, 0) is 31.2 Å². The third-order valence-electron chi connectivity index (χ3n) is 6.44. The molecule has 0 aliphatic carbocycles. The fourth-order valence-corrected chi connectivity index (χ4v) is 4.72. The minimum absolute atomic E-state index is 0.157. The lowest BCUT2D eigenvalue weighted by molar-refractivity contribution is -0.130. The van der Waals surface area contributed by atoms with Crippen molar-refractivity contribution in [2.75, 3.05) is 38.2 Å². The Labute approximate surface area is 187 Å². The lowest BCUT2D eigenvalue weighted by atomic mass is 10.0. The zero-order chi connectivity index (χ0) is 22.1. The fraction of sp³-hybridized carbons (Fsp3) is 0.522. The number of ether oxygens (including phenoxy) is 2. The number of likely N-dealkylation sites (tertiary alicyclic amines) is 1. The number of benzene rings is 1. The van der Waals surface area contributed by atoms with Gasteiger partial charge < -0.3 is 24.6 Å². The first-order valence-corrected chi connectivity index (χ1v) is 11.4. The molecule has 1 N–H and O–H groups in total. The van der Waals surface area contributed by atoms with Gasteiger partial charge in [0.1, 0.15) is 13.2 Å². The maximum absolute atomic E-state index is 13.0. The van der Waals surface area contributed by atoms with E-state index in [0.29, 0.717) is 56.3 Å². The van der Waals surface area contributed by atoms with E-state index < -0.39 is 0 Å². The molecule has 0 unspecified atom stereocenters. The summed E-state index contributed by atoms with van der Waals surface area (Å²) in [5, 5.41) is 7.64. The number of anilines is 1. The first-order chi connectivity index (χ1) is 15.6. The van der Waals surface area contributed by atoms with E-state index in [1.807, 2.05) is 28.8 Å². The summed E-state index contributed by atoms with van der Waals surface area (Å²) < 4.78 is 13.1. The van der Waals surface area contributed by atoms with Crippen LogP contribution in [0, 0.1) is 0 Å². The minimum Gasteiger partial charge on any atom is -0.486 e. The van der Waals surface area contributed by atoms with E-state index in [-0.39, 0.29) is 11.9 Å². The van der Waals surface area contributed by atoms with E-state index >= 15 is 0 Å². The zero-order valence-corrected chi connectivity index (χ0v) is 18.4. The number of carbonyl (C=O) groups excluding carboxylic acids is 2. The van der Waals surface area contributed by atoms with Crippen molar-refractivity contribution in [1.82, 2.24) is 19.6 Å². The highest BCUT2D eigenvalue weighted by Gasteiger charge is 2.28. The molecule has 0 spiro atoms. The number of aryl methyl sites for hydroxylation is 2. The number of rotatable bonds is 4. The van der Waals surface area contributed by atoms with Gasteiger partial charge in [0.05, 0.1) is 12.2 Å². The normalized spacial score (nSPS) is 17.3. The van der Waals surface area contributed by atoms with Gasteiger partial charge in [-0.25, -0.2) is 4.79 Å². The molecule has 0 saturated carbocycles. The molecule has 0 atom stereocenters. The molecule has 3 aliphatic rings. The van der Waals surface area contributed by atoms with E-state index in [0.717, 1.165) is 49.3 Å². The summed E-state index contributed by atoms with van der Waals surface area (Å²) in [6.45, 7) is 3.89. The third-order valence-corrected chi connectivity index (χ3v) is 6.44. The molecule has 9 heteroatoms. The summed E-state index contributed by atoms with van der Waals surface area (Å²) in [5.74, 6) is 1.54. The zero-order valence-electron chi connectivity index (χ0n) is 18.4. The Bertz CT molecular complexity index is 1030. The topological polar surface area (TPSA) is 88.9 Å². The van der Waals surface area contributed by atoms with Crippen LogP contribution in [0.4, 0.5) is 10.5 Å². The molecule has 1 aromatic heterocycles. The average Bonchev–Trinajstić information content (AvgIpc) is 3.46. The molecule has 3 amide bonds. The Morgan fingerprint density at radius 2 is 1.84 bits per heavy atom. The van der Waals surface area contributed by atoms with Crippen molar-refractivity contribution in [2.45, 2.75) is 38.6 Å². The average molecular weight is 440 g/mol. The third kappa shape index (κ3) is 4.11. The molecule has 1 saturated heterocycles. The first-order valence-electron chi connectivity index (χ1n) is 11.4. The number of carbonyl (C=O) groups is 2. The number of nitrogens with zero attached hydrogens (tertiary/aromatic N) is 4. The molecular weight excluding hydrogens is 410 g/mol. The monoisotopic (exact) mass is 439 g/mol. The van der Waals surface area contributed by atoms with E-state index in [2.05, 4.69) is 10.4 Å². The Balaban J connectivity index is 1.24. The Morgan fingerprint density at radius 1 is 1.06 bits per heavy atom. The molecule has 0 radical (unpaired) electrons. The number of amides is 3. The van der Waals surface area contributed by atoms with Gasteiger partial charge >= 0.3 is 6.03 Å². The number of fused-ring (bicyclic) bond motifs is 2. The van der Waals surface area contributed by atoms with Crippen LogP contribution in [-0.4, -0.2) is 64.4 Å². The van der Waals surface area contributed by atoms with Crippen molar-refractivity contribution in [2.24, 2.45) is 7.05 Å². The van der Waals surface area contributed by atoms with Crippen molar-refractivity contribution in [3.05, 3.63) is 35.2 Å². The summed E-state index contributed by atoms with van der Waals surface area (Å²) in [4.78, 5) is 29.2. The van der Waals surface area contributed by atoms with E-state index in [4.69, 9.17) is 9.47 Å². The largest absolute Gasteiger partial charge is 0.486 e. The highest BCUT2D eigenvalue weighted by Crippen LogP contribution is 2.33.